The lowest BCUT2D eigenvalue weighted by molar-refractivity contribution is -0.173. The molecule has 1 amide bonds. The van der Waals surface area contributed by atoms with Gasteiger partial charge in [0.05, 0.1) is 5.69 Å². The minimum Gasteiger partial charge on any atom is -0.368 e. The molecule has 2 atom stereocenters. The van der Waals surface area contributed by atoms with Crippen molar-refractivity contribution in [3.63, 3.8) is 0 Å². The molecule has 1 saturated heterocycles. The first-order valence-corrected chi connectivity index (χ1v) is 10.6. The largest absolute Gasteiger partial charge is 0.410 e. The molecule has 2 aliphatic heterocycles. The Morgan fingerprint density at radius 1 is 1.20 bits per heavy atom. The van der Waals surface area contributed by atoms with Gasteiger partial charge in [-0.25, -0.2) is 4.68 Å². The van der Waals surface area contributed by atoms with E-state index in [1.807, 2.05) is 35.2 Å². The van der Waals surface area contributed by atoms with E-state index in [-0.39, 0.29) is 24.3 Å². The average Bonchev–Trinajstić information content (AvgIpc) is 3.15. The highest BCUT2D eigenvalue weighted by Crippen LogP contribution is 2.40. The van der Waals surface area contributed by atoms with Gasteiger partial charge in [0, 0.05) is 37.5 Å². The Balaban J connectivity index is 1.36. The number of fused-ring (bicyclic) bond motifs is 1. The minimum absolute atomic E-state index is 0.0218. The molecule has 2 aliphatic rings. The number of rotatable bonds is 4. The molecule has 3 heterocycles. The summed E-state index contributed by atoms with van der Waals surface area (Å²) < 4.78 is 41.4. The third-order valence-electron chi connectivity index (χ3n) is 6.14. The van der Waals surface area contributed by atoms with E-state index < -0.39 is 12.2 Å². The summed E-state index contributed by atoms with van der Waals surface area (Å²) in [5.41, 5.74) is 1.84. The number of carbonyl (C=O) groups excluding carboxylic acids is 1. The van der Waals surface area contributed by atoms with Gasteiger partial charge in [0.15, 0.2) is 6.04 Å². The van der Waals surface area contributed by atoms with Crippen LogP contribution in [0.1, 0.15) is 55.8 Å². The SMILES string of the molecule is C[C@@H]1C[C@H](C(F)(F)F)n2nc(C3CCN(C(=O)CCc4ccccc4)CC3)cc2N1. The lowest BCUT2D eigenvalue weighted by Crippen LogP contribution is -2.38. The number of anilines is 1. The van der Waals surface area contributed by atoms with E-state index in [1.54, 1.807) is 13.0 Å². The summed E-state index contributed by atoms with van der Waals surface area (Å²) in [6.45, 7) is 2.99. The van der Waals surface area contributed by atoms with E-state index in [2.05, 4.69) is 10.4 Å². The predicted octanol–water partition coefficient (Wildman–Crippen LogP) is 4.53. The van der Waals surface area contributed by atoms with Gasteiger partial charge < -0.3 is 10.2 Å². The highest BCUT2D eigenvalue weighted by molar-refractivity contribution is 5.76. The van der Waals surface area contributed by atoms with E-state index in [0.717, 1.165) is 29.5 Å². The number of hydrogen-bond acceptors (Lipinski definition) is 3. The molecule has 162 valence electrons. The summed E-state index contributed by atoms with van der Waals surface area (Å²) in [5.74, 6) is 0.647. The molecule has 0 saturated carbocycles. The molecule has 8 heteroatoms. The maximum Gasteiger partial charge on any atom is 0.410 e. The Bertz CT molecular complexity index is 872. The van der Waals surface area contributed by atoms with Crippen molar-refractivity contribution in [1.82, 2.24) is 14.7 Å². The number of alkyl halides is 3. The van der Waals surface area contributed by atoms with E-state index in [1.165, 1.54) is 0 Å². The quantitative estimate of drug-likeness (QED) is 0.791. The summed E-state index contributed by atoms with van der Waals surface area (Å²) in [4.78, 5) is 14.4. The maximum atomic E-state index is 13.4. The molecule has 1 aromatic heterocycles. The van der Waals surface area contributed by atoms with Gasteiger partial charge in [0.1, 0.15) is 5.82 Å². The molecule has 0 unspecified atom stereocenters. The van der Waals surface area contributed by atoms with Gasteiger partial charge in [-0.15, -0.1) is 0 Å². The van der Waals surface area contributed by atoms with E-state index >= 15 is 0 Å². The molecule has 0 aliphatic carbocycles. The monoisotopic (exact) mass is 420 g/mol. The van der Waals surface area contributed by atoms with Crippen LogP contribution in [-0.4, -0.2) is 45.9 Å². The number of piperidine rings is 1. The summed E-state index contributed by atoms with van der Waals surface area (Å²) >= 11 is 0. The Labute approximate surface area is 174 Å². The Hall–Kier alpha value is -2.51. The number of halogens is 3. The molecular formula is C22H27F3N4O. The molecule has 30 heavy (non-hydrogen) atoms. The van der Waals surface area contributed by atoms with Crippen molar-refractivity contribution >= 4 is 11.7 Å². The van der Waals surface area contributed by atoms with Crippen LogP contribution in [0.25, 0.3) is 0 Å². The Kier molecular flexibility index (Phi) is 5.75. The van der Waals surface area contributed by atoms with Gasteiger partial charge in [0.25, 0.3) is 0 Å². The van der Waals surface area contributed by atoms with Crippen LogP contribution in [0.3, 0.4) is 0 Å². The van der Waals surface area contributed by atoms with Gasteiger partial charge >= 0.3 is 6.18 Å². The first-order valence-electron chi connectivity index (χ1n) is 10.6. The molecule has 0 spiro atoms. The van der Waals surface area contributed by atoms with Crippen LogP contribution in [0, 0.1) is 0 Å². The van der Waals surface area contributed by atoms with Crippen molar-refractivity contribution < 1.29 is 18.0 Å². The van der Waals surface area contributed by atoms with Gasteiger partial charge in [0.2, 0.25) is 5.91 Å². The molecule has 5 nitrogen and oxygen atoms in total. The third-order valence-corrected chi connectivity index (χ3v) is 6.14. The van der Waals surface area contributed by atoms with Crippen LogP contribution in [-0.2, 0) is 11.2 Å². The summed E-state index contributed by atoms with van der Waals surface area (Å²) in [7, 11) is 0. The van der Waals surface area contributed by atoms with Crippen LogP contribution in [0.2, 0.25) is 0 Å². The Morgan fingerprint density at radius 2 is 1.90 bits per heavy atom. The van der Waals surface area contributed by atoms with E-state index in [0.29, 0.717) is 31.0 Å². The van der Waals surface area contributed by atoms with Gasteiger partial charge in [-0.2, -0.15) is 18.3 Å². The van der Waals surface area contributed by atoms with Crippen LogP contribution >= 0.6 is 0 Å². The van der Waals surface area contributed by atoms with Crippen molar-refractivity contribution in [3.05, 3.63) is 47.7 Å². The van der Waals surface area contributed by atoms with Gasteiger partial charge in [-0.05, 0) is 38.2 Å². The number of aryl methyl sites for hydroxylation is 1. The molecule has 1 aromatic carbocycles. The van der Waals surface area contributed by atoms with Crippen molar-refractivity contribution in [2.45, 2.75) is 63.2 Å². The van der Waals surface area contributed by atoms with Crippen LogP contribution < -0.4 is 5.32 Å². The standard InChI is InChI=1S/C22H27F3N4O/c1-15-13-19(22(23,24)25)29-20(26-15)14-18(27-29)17-9-11-28(12-10-17)21(30)8-7-16-5-3-2-4-6-16/h2-6,14-15,17,19,26H,7-13H2,1H3/t15-,19-/m1/s1. The average molecular weight is 420 g/mol. The third kappa shape index (κ3) is 4.47. The fourth-order valence-corrected chi connectivity index (χ4v) is 4.46. The fraction of sp³-hybridized carbons (Fsp3) is 0.545. The lowest BCUT2D eigenvalue weighted by atomic mass is 9.93. The lowest BCUT2D eigenvalue weighted by Gasteiger charge is -2.32. The molecule has 4 rings (SSSR count). The van der Waals surface area contributed by atoms with Crippen LogP contribution in [0.5, 0.6) is 0 Å². The smallest absolute Gasteiger partial charge is 0.368 e. The molecule has 1 N–H and O–H groups in total. The van der Waals surface area contributed by atoms with Gasteiger partial charge in [-0.3, -0.25) is 4.79 Å². The summed E-state index contributed by atoms with van der Waals surface area (Å²) in [6.07, 6.45) is -1.70. The van der Waals surface area contributed by atoms with E-state index in [4.69, 9.17) is 0 Å². The second-order valence-electron chi connectivity index (χ2n) is 8.38. The van der Waals surface area contributed by atoms with Crippen molar-refractivity contribution in [2.24, 2.45) is 0 Å². The Morgan fingerprint density at radius 3 is 2.57 bits per heavy atom. The topological polar surface area (TPSA) is 50.2 Å². The molecule has 1 fully saturated rings. The molecule has 0 radical (unpaired) electrons. The van der Waals surface area contributed by atoms with Crippen molar-refractivity contribution in [3.8, 4) is 0 Å². The van der Waals surface area contributed by atoms with Crippen molar-refractivity contribution in [1.29, 1.82) is 0 Å². The zero-order chi connectivity index (χ0) is 21.3. The molecule has 2 aromatic rings. The number of amides is 1. The first kappa shape index (κ1) is 20.8. The zero-order valence-corrected chi connectivity index (χ0v) is 17.0. The molecular weight excluding hydrogens is 393 g/mol. The first-order chi connectivity index (χ1) is 14.3. The number of likely N-dealkylation sites (tertiary alicyclic amines) is 1. The fourth-order valence-electron chi connectivity index (χ4n) is 4.46. The van der Waals surface area contributed by atoms with Crippen LogP contribution in [0.4, 0.5) is 19.0 Å². The number of carbonyl (C=O) groups is 1. The number of benzene rings is 1. The maximum absolute atomic E-state index is 13.4. The predicted molar refractivity (Wildman–Crippen MR) is 108 cm³/mol. The number of hydrogen-bond donors (Lipinski definition) is 1. The van der Waals surface area contributed by atoms with Crippen LogP contribution in [0.15, 0.2) is 36.4 Å². The highest BCUT2D eigenvalue weighted by atomic mass is 19.4. The number of nitrogens with one attached hydrogen (secondary N) is 1. The highest BCUT2D eigenvalue weighted by Gasteiger charge is 2.45. The normalized spacial score (nSPS) is 22.5. The zero-order valence-electron chi connectivity index (χ0n) is 17.0. The summed E-state index contributed by atoms with van der Waals surface area (Å²) in [6, 6.07) is 9.84. The molecule has 0 bridgehead atoms. The minimum atomic E-state index is -4.32. The second-order valence-corrected chi connectivity index (χ2v) is 8.38. The van der Waals surface area contributed by atoms with Gasteiger partial charge in [-0.1, -0.05) is 30.3 Å². The number of nitrogens with zero attached hydrogens (tertiary/aromatic N) is 3. The number of aromatic nitrogens is 2. The summed E-state index contributed by atoms with van der Waals surface area (Å²) in [5, 5.41) is 7.45. The van der Waals surface area contributed by atoms with E-state index in [9.17, 15) is 18.0 Å². The second kappa shape index (κ2) is 8.32. The van der Waals surface area contributed by atoms with Crippen molar-refractivity contribution in [2.75, 3.05) is 18.4 Å².